The van der Waals surface area contributed by atoms with Crippen LogP contribution >= 0.6 is 0 Å². The number of carbonyl (C=O) groups is 1. The second kappa shape index (κ2) is 8.43. The monoisotopic (exact) mass is 352 g/mol. The predicted molar refractivity (Wildman–Crippen MR) is 104 cm³/mol. The number of hydrogen-bond acceptors (Lipinski definition) is 4. The molecule has 3 rings (SSSR count). The molecule has 0 aromatic heterocycles. The molecule has 2 aromatic rings. The van der Waals surface area contributed by atoms with E-state index >= 15 is 0 Å². The summed E-state index contributed by atoms with van der Waals surface area (Å²) in [6.07, 6.45) is 3.43. The van der Waals surface area contributed by atoms with E-state index in [-0.39, 0.29) is 5.91 Å². The zero-order valence-electron chi connectivity index (χ0n) is 15.2. The fourth-order valence-corrected chi connectivity index (χ4v) is 3.13. The number of piperazine rings is 1. The first-order valence-corrected chi connectivity index (χ1v) is 8.71. The number of rotatable bonds is 5. The van der Waals surface area contributed by atoms with Crippen molar-refractivity contribution < 1.29 is 14.3 Å². The lowest BCUT2D eigenvalue weighted by atomic mass is 10.2. The minimum Gasteiger partial charge on any atom is -0.496 e. The molecule has 5 nitrogen and oxygen atoms in total. The Morgan fingerprint density at radius 1 is 0.885 bits per heavy atom. The molecule has 1 fully saturated rings. The number of para-hydroxylation sites is 3. The lowest BCUT2D eigenvalue weighted by molar-refractivity contribution is -0.126. The highest BCUT2D eigenvalue weighted by molar-refractivity contribution is 5.92. The molecule has 1 amide bonds. The number of amides is 1. The summed E-state index contributed by atoms with van der Waals surface area (Å²) in [4.78, 5) is 16.6. The molecule has 2 aromatic carbocycles. The highest BCUT2D eigenvalue weighted by Crippen LogP contribution is 2.28. The van der Waals surface area contributed by atoms with E-state index in [1.807, 2.05) is 53.4 Å². The Balaban J connectivity index is 1.61. The molecular formula is C21H24N2O3. The van der Waals surface area contributed by atoms with Crippen LogP contribution in [0.25, 0.3) is 6.08 Å². The first kappa shape index (κ1) is 17.9. The number of ether oxygens (including phenoxy) is 2. The number of hydrogen-bond donors (Lipinski definition) is 0. The molecule has 26 heavy (non-hydrogen) atoms. The molecule has 136 valence electrons. The molecule has 1 heterocycles. The van der Waals surface area contributed by atoms with Gasteiger partial charge in [-0.15, -0.1) is 0 Å². The lowest BCUT2D eigenvalue weighted by Crippen LogP contribution is -2.48. The molecule has 0 aliphatic carbocycles. The van der Waals surface area contributed by atoms with Crippen molar-refractivity contribution in [3.63, 3.8) is 0 Å². The van der Waals surface area contributed by atoms with Gasteiger partial charge in [0.15, 0.2) is 0 Å². The Bertz CT molecular complexity index is 780. The van der Waals surface area contributed by atoms with Gasteiger partial charge in [0.25, 0.3) is 0 Å². The van der Waals surface area contributed by atoms with Gasteiger partial charge in [-0.1, -0.05) is 30.3 Å². The average molecular weight is 352 g/mol. The van der Waals surface area contributed by atoms with Crippen LogP contribution < -0.4 is 14.4 Å². The third kappa shape index (κ3) is 3.99. The van der Waals surface area contributed by atoms with Crippen LogP contribution in [0.3, 0.4) is 0 Å². The predicted octanol–water partition coefficient (Wildman–Crippen LogP) is 3.07. The number of nitrogens with zero attached hydrogens (tertiary/aromatic N) is 2. The summed E-state index contributed by atoms with van der Waals surface area (Å²) >= 11 is 0. The SMILES string of the molecule is COc1ccccc1/C=C/C(=O)N1CCN(c2ccccc2OC)CC1. The smallest absolute Gasteiger partial charge is 0.246 e. The second-order valence-electron chi connectivity index (χ2n) is 6.06. The fourth-order valence-electron chi connectivity index (χ4n) is 3.13. The topological polar surface area (TPSA) is 42.0 Å². The molecule has 0 atom stereocenters. The molecule has 0 spiro atoms. The molecule has 5 heteroatoms. The third-order valence-electron chi connectivity index (χ3n) is 4.56. The molecule has 1 saturated heterocycles. The quantitative estimate of drug-likeness (QED) is 0.776. The molecule has 0 N–H and O–H groups in total. The van der Waals surface area contributed by atoms with Gasteiger partial charge in [-0.3, -0.25) is 4.79 Å². The van der Waals surface area contributed by atoms with Gasteiger partial charge in [0.1, 0.15) is 11.5 Å². The van der Waals surface area contributed by atoms with Crippen molar-refractivity contribution in [3.05, 3.63) is 60.2 Å². The van der Waals surface area contributed by atoms with Crippen LogP contribution in [-0.2, 0) is 4.79 Å². The van der Waals surface area contributed by atoms with Gasteiger partial charge in [0.05, 0.1) is 19.9 Å². The van der Waals surface area contributed by atoms with Crippen molar-refractivity contribution >= 4 is 17.7 Å². The summed E-state index contributed by atoms with van der Waals surface area (Å²) in [6, 6.07) is 15.6. The first-order valence-electron chi connectivity index (χ1n) is 8.71. The van der Waals surface area contributed by atoms with Crippen molar-refractivity contribution in [3.8, 4) is 11.5 Å². The molecule has 1 aliphatic heterocycles. The van der Waals surface area contributed by atoms with Gasteiger partial charge in [0, 0.05) is 37.8 Å². The van der Waals surface area contributed by atoms with Crippen LogP contribution in [0.15, 0.2) is 54.6 Å². The average Bonchev–Trinajstić information content (AvgIpc) is 2.72. The van der Waals surface area contributed by atoms with E-state index < -0.39 is 0 Å². The van der Waals surface area contributed by atoms with Gasteiger partial charge in [-0.25, -0.2) is 0 Å². The normalized spacial score (nSPS) is 14.5. The largest absolute Gasteiger partial charge is 0.496 e. The van der Waals surface area contributed by atoms with Crippen LogP contribution in [-0.4, -0.2) is 51.2 Å². The zero-order valence-corrected chi connectivity index (χ0v) is 15.2. The van der Waals surface area contributed by atoms with E-state index in [4.69, 9.17) is 9.47 Å². The number of methoxy groups -OCH3 is 2. The highest BCUT2D eigenvalue weighted by Gasteiger charge is 2.21. The van der Waals surface area contributed by atoms with Gasteiger partial charge >= 0.3 is 0 Å². The van der Waals surface area contributed by atoms with Gasteiger partial charge in [-0.2, -0.15) is 0 Å². The Morgan fingerprint density at radius 3 is 2.19 bits per heavy atom. The van der Waals surface area contributed by atoms with Crippen LogP contribution in [0.4, 0.5) is 5.69 Å². The first-order chi connectivity index (χ1) is 12.7. The van der Waals surface area contributed by atoms with E-state index in [2.05, 4.69) is 11.0 Å². The summed E-state index contributed by atoms with van der Waals surface area (Å²) in [5.74, 6) is 1.65. The summed E-state index contributed by atoms with van der Waals surface area (Å²) in [5.41, 5.74) is 1.97. The van der Waals surface area contributed by atoms with Crippen molar-refractivity contribution in [1.82, 2.24) is 4.90 Å². The molecule has 0 radical (unpaired) electrons. The lowest BCUT2D eigenvalue weighted by Gasteiger charge is -2.36. The van der Waals surface area contributed by atoms with Gasteiger partial charge < -0.3 is 19.3 Å². The number of carbonyl (C=O) groups excluding carboxylic acids is 1. The van der Waals surface area contributed by atoms with E-state index in [0.29, 0.717) is 13.1 Å². The maximum atomic E-state index is 12.5. The van der Waals surface area contributed by atoms with Crippen LogP contribution in [0.1, 0.15) is 5.56 Å². The third-order valence-corrected chi connectivity index (χ3v) is 4.56. The minimum atomic E-state index is 0.0237. The Morgan fingerprint density at radius 2 is 1.50 bits per heavy atom. The summed E-state index contributed by atoms with van der Waals surface area (Å²) < 4.78 is 10.8. The summed E-state index contributed by atoms with van der Waals surface area (Å²) in [7, 11) is 3.31. The molecule has 0 unspecified atom stereocenters. The van der Waals surface area contributed by atoms with Crippen LogP contribution in [0.5, 0.6) is 11.5 Å². The maximum Gasteiger partial charge on any atom is 0.246 e. The van der Waals surface area contributed by atoms with Crippen LogP contribution in [0, 0.1) is 0 Å². The summed E-state index contributed by atoms with van der Waals surface area (Å²) in [5, 5.41) is 0. The standard InChI is InChI=1S/C21H24N2O3/c1-25-19-9-5-3-7-17(19)11-12-21(24)23-15-13-22(14-16-23)18-8-4-6-10-20(18)26-2/h3-12H,13-16H2,1-2H3/b12-11+. The van der Waals surface area contributed by atoms with Crippen molar-refractivity contribution in [1.29, 1.82) is 0 Å². The van der Waals surface area contributed by atoms with E-state index in [0.717, 1.165) is 35.8 Å². The number of anilines is 1. The molecule has 0 saturated carbocycles. The van der Waals surface area contributed by atoms with E-state index in [1.54, 1.807) is 20.3 Å². The van der Waals surface area contributed by atoms with E-state index in [1.165, 1.54) is 0 Å². The zero-order chi connectivity index (χ0) is 18.4. The summed E-state index contributed by atoms with van der Waals surface area (Å²) in [6.45, 7) is 2.95. The Hall–Kier alpha value is -2.95. The fraction of sp³-hybridized carbons (Fsp3) is 0.286. The second-order valence-corrected chi connectivity index (χ2v) is 6.06. The maximum absolute atomic E-state index is 12.5. The Labute approximate surface area is 154 Å². The van der Waals surface area contributed by atoms with E-state index in [9.17, 15) is 4.79 Å². The molecular weight excluding hydrogens is 328 g/mol. The van der Waals surface area contributed by atoms with Crippen LogP contribution in [0.2, 0.25) is 0 Å². The number of benzene rings is 2. The van der Waals surface area contributed by atoms with Crippen molar-refractivity contribution in [2.75, 3.05) is 45.3 Å². The molecule has 1 aliphatic rings. The van der Waals surface area contributed by atoms with Gasteiger partial charge in [-0.05, 0) is 24.3 Å². The van der Waals surface area contributed by atoms with Crippen molar-refractivity contribution in [2.45, 2.75) is 0 Å². The minimum absolute atomic E-state index is 0.0237. The highest BCUT2D eigenvalue weighted by atomic mass is 16.5. The van der Waals surface area contributed by atoms with Gasteiger partial charge in [0.2, 0.25) is 5.91 Å². The Kier molecular flexibility index (Phi) is 5.79. The van der Waals surface area contributed by atoms with Crippen molar-refractivity contribution in [2.24, 2.45) is 0 Å². The molecule has 0 bridgehead atoms.